The Balaban J connectivity index is 2.21. The molecule has 0 fully saturated rings. The van der Waals surface area contributed by atoms with Crippen molar-refractivity contribution in [2.24, 2.45) is 0 Å². The summed E-state index contributed by atoms with van der Waals surface area (Å²) in [6.45, 7) is 4.73. The van der Waals surface area contributed by atoms with Gasteiger partial charge in [0.05, 0.1) is 18.2 Å². The van der Waals surface area contributed by atoms with Crippen LogP contribution in [-0.4, -0.2) is 17.4 Å². The molecule has 0 saturated carbocycles. The molecule has 3 nitrogen and oxygen atoms in total. The molecule has 2 aromatic rings. The van der Waals surface area contributed by atoms with Crippen molar-refractivity contribution in [2.45, 2.75) is 6.54 Å². The number of hydrogen-bond acceptors (Lipinski definition) is 3. The second kappa shape index (κ2) is 6.69. The van der Waals surface area contributed by atoms with E-state index in [0.29, 0.717) is 24.2 Å². The van der Waals surface area contributed by atoms with Crippen LogP contribution in [0.2, 0.25) is 0 Å². The van der Waals surface area contributed by atoms with Crippen molar-refractivity contribution in [2.75, 3.05) is 6.54 Å². The minimum Gasteiger partial charge on any atom is -0.330 e. The van der Waals surface area contributed by atoms with Gasteiger partial charge < -0.3 is 4.90 Å². The topological polar surface area (TPSA) is 44.1 Å². The minimum atomic E-state index is -0.0876. The quantitative estimate of drug-likeness (QED) is 0.788. The summed E-state index contributed by atoms with van der Waals surface area (Å²) in [6, 6.07) is 12.8. The number of nitrogens with zero attached hydrogens (tertiary/aromatic N) is 2. The van der Waals surface area contributed by atoms with Crippen molar-refractivity contribution >= 4 is 17.2 Å². The van der Waals surface area contributed by atoms with E-state index in [1.807, 2.05) is 23.6 Å². The molecule has 0 spiro atoms. The lowest BCUT2D eigenvalue weighted by molar-refractivity contribution is 0.0764. The zero-order chi connectivity index (χ0) is 14.4. The summed E-state index contributed by atoms with van der Waals surface area (Å²) < 4.78 is 0. The predicted octanol–water partition coefficient (Wildman–Crippen LogP) is 3.45. The molecule has 1 heterocycles. The standard InChI is InChI=1S/C16H14N2OS/c1-2-8-18(12-15-7-4-9-20-15)16(19)14-6-3-5-13(10-14)11-17/h2-7,9-10H,1,8,12H2. The second-order valence-electron chi connectivity index (χ2n) is 4.25. The SMILES string of the molecule is C=CCN(Cc1cccs1)C(=O)c1cccc(C#N)c1. The van der Waals surface area contributed by atoms with E-state index in [2.05, 4.69) is 6.58 Å². The van der Waals surface area contributed by atoms with Crippen molar-refractivity contribution in [3.8, 4) is 6.07 Å². The highest BCUT2D eigenvalue weighted by molar-refractivity contribution is 7.09. The van der Waals surface area contributed by atoms with E-state index in [9.17, 15) is 4.79 Å². The van der Waals surface area contributed by atoms with Crippen LogP contribution in [0.15, 0.2) is 54.4 Å². The zero-order valence-electron chi connectivity index (χ0n) is 11.0. The van der Waals surface area contributed by atoms with Crippen LogP contribution in [0.1, 0.15) is 20.8 Å². The maximum absolute atomic E-state index is 12.5. The second-order valence-corrected chi connectivity index (χ2v) is 5.28. The molecule has 0 aliphatic carbocycles. The van der Waals surface area contributed by atoms with Gasteiger partial charge >= 0.3 is 0 Å². The van der Waals surface area contributed by atoms with Gasteiger partial charge in [-0.2, -0.15) is 5.26 Å². The van der Waals surface area contributed by atoms with Gasteiger partial charge in [-0.15, -0.1) is 17.9 Å². The van der Waals surface area contributed by atoms with Crippen LogP contribution in [0.25, 0.3) is 0 Å². The molecule has 0 radical (unpaired) electrons. The number of carbonyl (C=O) groups excluding carboxylic acids is 1. The lowest BCUT2D eigenvalue weighted by Crippen LogP contribution is -2.30. The fourth-order valence-electron chi connectivity index (χ4n) is 1.87. The third-order valence-electron chi connectivity index (χ3n) is 2.80. The first kappa shape index (κ1) is 14.0. The molecule has 0 saturated heterocycles. The van der Waals surface area contributed by atoms with Gasteiger partial charge in [0.25, 0.3) is 5.91 Å². The molecule has 0 bridgehead atoms. The Hall–Kier alpha value is -2.38. The molecular formula is C16H14N2OS. The van der Waals surface area contributed by atoms with Crippen molar-refractivity contribution < 1.29 is 4.79 Å². The van der Waals surface area contributed by atoms with E-state index >= 15 is 0 Å². The van der Waals surface area contributed by atoms with Crippen molar-refractivity contribution in [1.29, 1.82) is 5.26 Å². The van der Waals surface area contributed by atoms with Crippen molar-refractivity contribution in [3.05, 3.63) is 70.4 Å². The summed E-state index contributed by atoms with van der Waals surface area (Å²) in [7, 11) is 0. The van der Waals surface area contributed by atoms with E-state index < -0.39 is 0 Å². The maximum atomic E-state index is 12.5. The number of amides is 1. The van der Waals surface area contributed by atoms with E-state index in [1.54, 1.807) is 46.6 Å². The Labute approximate surface area is 122 Å². The Morgan fingerprint density at radius 3 is 2.90 bits per heavy atom. The molecule has 0 N–H and O–H groups in total. The minimum absolute atomic E-state index is 0.0876. The van der Waals surface area contributed by atoms with Gasteiger partial charge in [-0.1, -0.05) is 18.2 Å². The normalized spacial score (nSPS) is 9.75. The Kier molecular flexibility index (Phi) is 4.70. The highest BCUT2D eigenvalue weighted by Crippen LogP contribution is 2.15. The summed E-state index contributed by atoms with van der Waals surface area (Å²) in [5, 5.41) is 10.9. The monoisotopic (exact) mass is 282 g/mol. The van der Waals surface area contributed by atoms with E-state index in [-0.39, 0.29) is 5.91 Å². The molecule has 0 aliphatic rings. The summed E-state index contributed by atoms with van der Waals surface area (Å²) in [4.78, 5) is 15.3. The summed E-state index contributed by atoms with van der Waals surface area (Å²) in [5.41, 5.74) is 1.02. The third-order valence-corrected chi connectivity index (χ3v) is 3.66. The van der Waals surface area contributed by atoms with Gasteiger partial charge in [-0.05, 0) is 29.6 Å². The van der Waals surface area contributed by atoms with Gasteiger partial charge in [0.1, 0.15) is 0 Å². The van der Waals surface area contributed by atoms with Crippen LogP contribution >= 0.6 is 11.3 Å². The largest absolute Gasteiger partial charge is 0.330 e. The van der Waals surface area contributed by atoms with Gasteiger partial charge in [-0.25, -0.2) is 0 Å². The smallest absolute Gasteiger partial charge is 0.254 e. The van der Waals surface area contributed by atoms with Gasteiger partial charge in [0, 0.05) is 17.0 Å². The lowest BCUT2D eigenvalue weighted by Gasteiger charge is -2.20. The Bertz CT molecular complexity index is 641. The first-order valence-electron chi connectivity index (χ1n) is 6.17. The maximum Gasteiger partial charge on any atom is 0.254 e. The Morgan fingerprint density at radius 2 is 2.25 bits per heavy atom. The molecule has 1 amide bonds. The van der Waals surface area contributed by atoms with Crippen LogP contribution in [-0.2, 0) is 6.54 Å². The average molecular weight is 282 g/mol. The molecule has 0 aliphatic heterocycles. The molecule has 1 aromatic carbocycles. The fourth-order valence-corrected chi connectivity index (χ4v) is 2.59. The fraction of sp³-hybridized carbons (Fsp3) is 0.125. The van der Waals surface area contributed by atoms with Gasteiger partial charge in [-0.3, -0.25) is 4.79 Å². The number of nitriles is 1. The van der Waals surface area contributed by atoms with Gasteiger partial charge in [0.2, 0.25) is 0 Å². The molecular weight excluding hydrogens is 268 g/mol. The van der Waals surface area contributed by atoms with Crippen LogP contribution in [0.4, 0.5) is 0 Å². The molecule has 100 valence electrons. The summed E-state index contributed by atoms with van der Waals surface area (Å²) >= 11 is 1.62. The van der Waals surface area contributed by atoms with Crippen molar-refractivity contribution in [1.82, 2.24) is 4.90 Å². The molecule has 1 aromatic heterocycles. The highest BCUT2D eigenvalue weighted by Gasteiger charge is 2.15. The first-order chi connectivity index (χ1) is 9.74. The highest BCUT2D eigenvalue weighted by atomic mass is 32.1. The molecule has 0 atom stereocenters. The Morgan fingerprint density at radius 1 is 1.40 bits per heavy atom. The number of carbonyl (C=O) groups is 1. The zero-order valence-corrected chi connectivity index (χ0v) is 11.8. The first-order valence-corrected chi connectivity index (χ1v) is 7.05. The predicted molar refractivity (Wildman–Crippen MR) is 80.4 cm³/mol. The van der Waals surface area contributed by atoms with Gasteiger partial charge in [0.15, 0.2) is 0 Å². The summed E-state index contributed by atoms with van der Waals surface area (Å²) in [6.07, 6.45) is 1.71. The molecule has 2 rings (SSSR count). The average Bonchev–Trinajstić information content (AvgIpc) is 2.99. The number of benzene rings is 1. The van der Waals surface area contributed by atoms with Crippen LogP contribution < -0.4 is 0 Å². The number of rotatable bonds is 5. The lowest BCUT2D eigenvalue weighted by atomic mass is 10.1. The van der Waals surface area contributed by atoms with E-state index in [4.69, 9.17) is 5.26 Å². The van der Waals surface area contributed by atoms with Crippen LogP contribution in [0.5, 0.6) is 0 Å². The van der Waals surface area contributed by atoms with Crippen molar-refractivity contribution in [3.63, 3.8) is 0 Å². The van der Waals surface area contributed by atoms with Crippen LogP contribution in [0, 0.1) is 11.3 Å². The molecule has 4 heteroatoms. The summed E-state index contributed by atoms with van der Waals surface area (Å²) in [5.74, 6) is -0.0876. The molecule has 0 unspecified atom stereocenters. The third kappa shape index (κ3) is 3.34. The number of thiophene rings is 1. The van der Waals surface area contributed by atoms with E-state index in [0.717, 1.165) is 4.88 Å². The number of hydrogen-bond donors (Lipinski definition) is 0. The van der Waals surface area contributed by atoms with Crippen LogP contribution in [0.3, 0.4) is 0 Å². The van der Waals surface area contributed by atoms with E-state index in [1.165, 1.54) is 0 Å². The molecule has 20 heavy (non-hydrogen) atoms.